The van der Waals surface area contributed by atoms with Crippen molar-refractivity contribution in [2.45, 2.75) is 32.7 Å². The van der Waals surface area contributed by atoms with Crippen LogP contribution >= 0.6 is 12.4 Å². The Labute approximate surface area is 145 Å². The summed E-state index contributed by atoms with van der Waals surface area (Å²) < 4.78 is 16.2. The maximum Gasteiger partial charge on any atom is 0.161 e. The van der Waals surface area contributed by atoms with E-state index in [9.17, 15) is 0 Å². The molecule has 0 fully saturated rings. The molecular formula is C17H30ClNO4. The minimum absolute atomic E-state index is 0. The fourth-order valence-corrected chi connectivity index (χ4v) is 1.98. The van der Waals surface area contributed by atoms with Crippen molar-refractivity contribution in [1.29, 1.82) is 0 Å². The van der Waals surface area contributed by atoms with Crippen LogP contribution in [0.5, 0.6) is 11.5 Å². The van der Waals surface area contributed by atoms with Gasteiger partial charge in [0.2, 0.25) is 0 Å². The summed E-state index contributed by atoms with van der Waals surface area (Å²) in [4.78, 5) is 0. The highest BCUT2D eigenvalue weighted by atomic mass is 35.5. The van der Waals surface area contributed by atoms with E-state index < -0.39 is 0 Å². The van der Waals surface area contributed by atoms with Crippen molar-refractivity contribution in [3.63, 3.8) is 0 Å². The van der Waals surface area contributed by atoms with Crippen molar-refractivity contribution in [3.8, 4) is 11.5 Å². The van der Waals surface area contributed by atoms with E-state index in [1.54, 1.807) is 7.11 Å². The van der Waals surface area contributed by atoms with Gasteiger partial charge in [0.15, 0.2) is 11.5 Å². The second-order valence-corrected chi connectivity index (χ2v) is 5.05. The molecule has 5 nitrogen and oxygen atoms in total. The number of benzene rings is 1. The van der Waals surface area contributed by atoms with Gasteiger partial charge >= 0.3 is 0 Å². The molecular weight excluding hydrogens is 318 g/mol. The molecule has 6 heteroatoms. The quantitative estimate of drug-likeness (QED) is 0.537. The van der Waals surface area contributed by atoms with Gasteiger partial charge in [-0.15, -0.1) is 12.4 Å². The Hall–Kier alpha value is -1.01. The van der Waals surface area contributed by atoms with Crippen molar-refractivity contribution in [2.75, 3.05) is 40.1 Å². The Balaban J connectivity index is 0.00000484. The molecule has 0 heterocycles. The zero-order valence-corrected chi connectivity index (χ0v) is 15.0. The van der Waals surface area contributed by atoms with E-state index in [4.69, 9.17) is 19.3 Å². The van der Waals surface area contributed by atoms with E-state index in [1.807, 2.05) is 18.2 Å². The first-order valence-electron chi connectivity index (χ1n) is 8.00. The number of hydrogen-bond donors (Lipinski definition) is 2. The molecule has 0 atom stereocenters. The lowest BCUT2D eigenvalue weighted by atomic mass is 10.2. The molecule has 23 heavy (non-hydrogen) atoms. The van der Waals surface area contributed by atoms with Crippen LogP contribution in [0.15, 0.2) is 18.2 Å². The third-order valence-corrected chi connectivity index (χ3v) is 3.19. The minimum atomic E-state index is -0.00715. The van der Waals surface area contributed by atoms with Crippen LogP contribution in [0.4, 0.5) is 0 Å². The van der Waals surface area contributed by atoms with Crippen molar-refractivity contribution in [3.05, 3.63) is 23.8 Å². The molecule has 1 rings (SSSR count). The first-order valence-corrected chi connectivity index (χ1v) is 8.00. The second-order valence-electron chi connectivity index (χ2n) is 5.05. The van der Waals surface area contributed by atoms with Crippen LogP contribution < -0.4 is 14.8 Å². The normalized spacial score (nSPS) is 10.2. The number of rotatable bonds is 13. The minimum Gasteiger partial charge on any atom is -0.493 e. The Bertz CT molecular complexity index is 404. The highest BCUT2D eigenvalue weighted by Crippen LogP contribution is 2.27. The lowest BCUT2D eigenvalue weighted by Crippen LogP contribution is -2.16. The largest absolute Gasteiger partial charge is 0.493 e. The van der Waals surface area contributed by atoms with Crippen molar-refractivity contribution in [1.82, 2.24) is 5.32 Å². The number of hydrogen-bond acceptors (Lipinski definition) is 5. The Morgan fingerprint density at radius 3 is 2.57 bits per heavy atom. The van der Waals surface area contributed by atoms with Gasteiger partial charge in [-0.25, -0.2) is 0 Å². The monoisotopic (exact) mass is 347 g/mol. The molecule has 0 aliphatic heterocycles. The summed E-state index contributed by atoms with van der Waals surface area (Å²) in [5, 5.41) is 12.2. The molecule has 0 unspecified atom stereocenters. The van der Waals surface area contributed by atoms with Crippen LogP contribution in [0.1, 0.15) is 31.7 Å². The van der Waals surface area contributed by atoms with Gasteiger partial charge in [0.05, 0.1) is 13.7 Å². The van der Waals surface area contributed by atoms with Crippen molar-refractivity contribution in [2.24, 2.45) is 0 Å². The maximum absolute atomic E-state index is 8.79. The van der Waals surface area contributed by atoms with E-state index in [2.05, 4.69) is 12.2 Å². The Morgan fingerprint density at radius 1 is 1.09 bits per heavy atom. The van der Waals surface area contributed by atoms with Gasteiger partial charge in [0.1, 0.15) is 6.61 Å². The van der Waals surface area contributed by atoms with Crippen LogP contribution in [0.25, 0.3) is 0 Å². The van der Waals surface area contributed by atoms with Gasteiger partial charge in [0, 0.05) is 19.8 Å². The number of halogens is 1. The van der Waals surface area contributed by atoms with Crippen molar-refractivity contribution >= 4 is 12.4 Å². The third kappa shape index (κ3) is 9.66. The lowest BCUT2D eigenvalue weighted by molar-refractivity contribution is 0.129. The number of unbranched alkanes of at least 4 members (excludes halogenated alkanes) is 1. The van der Waals surface area contributed by atoms with Gasteiger partial charge in [-0.2, -0.15) is 0 Å². The molecule has 0 bridgehead atoms. The van der Waals surface area contributed by atoms with Crippen LogP contribution in [0.3, 0.4) is 0 Å². The van der Waals surface area contributed by atoms with Crippen molar-refractivity contribution < 1.29 is 19.3 Å². The fourth-order valence-electron chi connectivity index (χ4n) is 1.98. The summed E-state index contributed by atoms with van der Waals surface area (Å²) in [7, 11) is 1.62. The molecule has 134 valence electrons. The summed E-state index contributed by atoms with van der Waals surface area (Å²) in [5.41, 5.74) is 1.14. The molecule has 1 aromatic carbocycles. The lowest BCUT2D eigenvalue weighted by Gasteiger charge is -2.12. The van der Waals surface area contributed by atoms with Crippen LogP contribution in [0.2, 0.25) is 0 Å². The molecule has 0 radical (unpaired) electrons. The molecule has 0 amide bonds. The summed E-state index contributed by atoms with van der Waals surface area (Å²) in [6.07, 6.45) is 3.33. The fraction of sp³-hybridized carbons (Fsp3) is 0.647. The summed E-state index contributed by atoms with van der Waals surface area (Å²) in [6, 6.07) is 5.83. The van der Waals surface area contributed by atoms with Gasteiger partial charge in [-0.05, 0) is 37.1 Å². The van der Waals surface area contributed by atoms with E-state index in [1.165, 1.54) is 6.42 Å². The zero-order valence-electron chi connectivity index (χ0n) is 14.2. The molecule has 0 aliphatic rings. The molecule has 0 aliphatic carbocycles. The molecule has 0 spiro atoms. The summed E-state index contributed by atoms with van der Waals surface area (Å²) in [5.74, 6) is 1.35. The average Bonchev–Trinajstić information content (AvgIpc) is 2.55. The zero-order chi connectivity index (χ0) is 16.0. The van der Waals surface area contributed by atoms with Gasteiger partial charge in [-0.3, -0.25) is 0 Å². The van der Waals surface area contributed by atoms with Gasteiger partial charge in [-0.1, -0.05) is 19.4 Å². The van der Waals surface area contributed by atoms with E-state index >= 15 is 0 Å². The Morgan fingerprint density at radius 2 is 1.87 bits per heavy atom. The van der Waals surface area contributed by atoms with Crippen LogP contribution in [-0.2, 0) is 11.3 Å². The predicted octanol–water partition coefficient (Wildman–Crippen LogP) is 2.78. The predicted molar refractivity (Wildman–Crippen MR) is 94.9 cm³/mol. The molecule has 1 aromatic rings. The number of nitrogens with one attached hydrogen (secondary N) is 1. The van der Waals surface area contributed by atoms with Crippen LogP contribution in [-0.4, -0.2) is 45.2 Å². The average molecular weight is 348 g/mol. The first-order chi connectivity index (χ1) is 10.8. The topological polar surface area (TPSA) is 60.0 Å². The van der Waals surface area contributed by atoms with E-state index in [-0.39, 0.29) is 25.6 Å². The third-order valence-electron chi connectivity index (χ3n) is 3.19. The molecule has 2 N–H and O–H groups in total. The summed E-state index contributed by atoms with van der Waals surface area (Å²) >= 11 is 0. The highest BCUT2D eigenvalue weighted by molar-refractivity contribution is 5.85. The SMILES string of the molecule is CCCCOCCCNCc1ccc(OCCO)c(OC)c1.Cl. The van der Waals surface area contributed by atoms with E-state index in [0.717, 1.165) is 44.7 Å². The molecule has 0 saturated carbocycles. The molecule has 0 aromatic heterocycles. The number of ether oxygens (including phenoxy) is 3. The van der Waals surface area contributed by atoms with Crippen LogP contribution in [0, 0.1) is 0 Å². The highest BCUT2D eigenvalue weighted by Gasteiger charge is 2.05. The summed E-state index contributed by atoms with van der Waals surface area (Å²) in [6.45, 7) is 5.81. The van der Waals surface area contributed by atoms with E-state index in [0.29, 0.717) is 11.5 Å². The van der Waals surface area contributed by atoms with Gasteiger partial charge < -0.3 is 24.6 Å². The second kappa shape index (κ2) is 14.6. The Kier molecular flexibility index (Phi) is 13.9. The number of aliphatic hydroxyl groups is 1. The smallest absolute Gasteiger partial charge is 0.161 e. The maximum atomic E-state index is 8.79. The molecule has 0 saturated heterocycles. The van der Waals surface area contributed by atoms with Gasteiger partial charge in [0.25, 0.3) is 0 Å². The standard InChI is InChI=1S/C17H29NO4.ClH/c1-3-4-10-21-11-5-8-18-14-15-6-7-16(22-12-9-19)17(13-15)20-2;/h6-7,13,18-19H,3-5,8-12,14H2,1-2H3;1H. The number of methoxy groups -OCH3 is 1. The number of aliphatic hydroxyl groups excluding tert-OH is 1. The first kappa shape index (κ1) is 22.0.